The first-order valence-electron chi connectivity index (χ1n) is 6.85. The molecule has 0 aliphatic carbocycles. The summed E-state index contributed by atoms with van der Waals surface area (Å²) >= 11 is 6.09. The highest BCUT2D eigenvalue weighted by molar-refractivity contribution is 6.30. The minimum atomic E-state index is 0.686. The molecule has 2 aromatic rings. The lowest BCUT2D eigenvalue weighted by molar-refractivity contribution is 0.469. The zero-order chi connectivity index (χ0) is 14.5. The van der Waals surface area contributed by atoms with Crippen molar-refractivity contribution in [2.45, 2.75) is 27.3 Å². The molecule has 106 valence electrons. The van der Waals surface area contributed by atoms with Crippen LogP contribution in [-0.4, -0.2) is 6.54 Å². The van der Waals surface area contributed by atoms with E-state index in [9.17, 15) is 0 Å². The van der Waals surface area contributed by atoms with E-state index in [0.29, 0.717) is 5.02 Å². The Balaban J connectivity index is 2.31. The van der Waals surface area contributed by atoms with E-state index in [0.717, 1.165) is 35.7 Å². The maximum Gasteiger partial charge on any atom is 0.133 e. The highest BCUT2D eigenvalue weighted by Crippen LogP contribution is 2.31. The summed E-state index contributed by atoms with van der Waals surface area (Å²) in [6.07, 6.45) is 0. The fourth-order valence-electron chi connectivity index (χ4n) is 1.98. The van der Waals surface area contributed by atoms with Crippen LogP contribution in [0.5, 0.6) is 11.5 Å². The molecule has 1 N–H and O–H groups in total. The Morgan fingerprint density at radius 2 is 1.90 bits per heavy atom. The molecule has 0 unspecified atom stereocenters. The van der Waals surface area contributed by atoms with Crippen molar-refractivity contribution in [3.05, 3.63) is 58.1 Å². The first kappa shape index (κ1) is 14.9. The lowest BCUT2D eigenvalue weighted by atomic mass is 10.1. The summed E-state index contributed by atoms with van der Waals surface area (Å²) in [5, 5.41) is 4.00. The van der Waals surface area contributed by atoms with Gasteiger partial charge in [0.15, 0.2) is 0 Å². The molecule has 0 spiro atoms. The van der Waals surface area contributed by atoms with Gasteiger partial charge in [-0.15, -0.1) is 0 Å². The van der Waals surface area contributed by atoms with Crippen LogP contribution in [0, 0.1) is 13.8 Å². The van der Waals surface area contributed by atoms with Gasteiger partial charge in [0.1, 0.15) is 11.5 Å². The second-order valence-electron chi connectivity index (χ2n) is 4.83. The largest absolute Gasteiger partial charge is 0.457 e. The van der Waals surface area contributed by atoms with E-state index in [4.69, 9.17) is 16.3 Å². The average molecular weight is 290 g/mol. The Morgan fingerprint density at radius 1 is 1.10 bits per heavy atom. The lowest BCUT2D eigenvalue weighted by Crippen LogP contribution is -2.12. The van der Waals surface area contributed by atoms with Gasteiger partial charge in [-0.1, -0.05) is 36.7 Å². The summed E-state index contributed by atoms with van der Waals surface area (Å²) in [6, 6.07) is 11.8. The van der Waals surface area contributed by atoms with Crippen LogP contribution >= 0.6 is 11.6 Å². The van der Waals surface area contributed by atoms with E-state index < -0.39 is 0 Å². The Hall–Kier alpha value is -1.51. The van der Waals surface area contributed by atoms with E-state index in [-0.39, 0.29) is 0 Å². The molecule has 0 heterocycles. The maximum atomic E-state index is 6.09. The smallest absolute Gasteiger partial charge is 0.133 e. The second-order valence-corrected chi connectivity index (χ2v) is 5.27. The van der Waals surface area contributed by atoms with Gasteiger partial charge in [-0.3, -0.25) is 0 Å². The van der Waals surface area contributed by atoms with Crippen molar-refractivity contribution in [3.8, 4) is 11.5 Å². The number of halogens is 1. The van der Waals surface area contributed by atoms with Gasteiger partial charge >= 0.3 is 0 Å². The van der Waals surface area contributed by atoms with Gasteiger partial charge in [0.2, 0.25) is 0 Å². The zero-order valence-corrected chi connectivity index (χ0v) is 12.9. The van der Waals surface area contributed by atoms with Crippen molar-refractivity contribution in [3.63, 3.8) is 0 Å². The third kappa shape index (κ3) is 3.53. The molecule has 2 rings (SSSR count). The quantitative estimate of drug-likeness (QED) is 0.849. The maximum absolute atomic E-state index is 6.09. The van der Waals surface area contributed by atoms with Crippen LogP contribution in [0.1, 0.15) is 23.6 Å². The molecule has 0 fully saturated rings. The second kappa shape index (κ2) is 6.78. The molecule has 3 heteroatoms. The summed E-state index contributed by atoms with van der Waals surface area (Å²) in [6.45, 7) is 7.93. The Morgan fingerprint density at radius 3 is 2.65 bits per heavy atom. The molecule has 0 saturated carbocycles. The van der Waals surface area contributed by atoms with Crippen LogP contribution in [0.25, 0.3) is 0 Å². The summed E-state index contributed by atoms with van der Waals surface area (Å²) < 4.78 is 6.07. The van der Waals surface area contributed by atoms with Crippen LogP contribution in [-0.2, 0) is 6.54 Å². The fourth-order valence-corrected chi connectivity index (χ4v) is 2.14. The predicted molar refractivity (Wildman–Crippen MR) is 84.8 cm³/mol. The van der Waals surface area contributed by atoms with Crippen molar-refractivity contribution in [2.24, 2.45) is 0 Å². The molecule has 0 aliphatic rings. The van der Waals surface area contributed by atoms with E-state index >= 15 is 0 Å². The SMILES string of the molecule is CCNCc1ccc(Cl)cc1Oc1cccc(C)c1C. The normalized spacial score (nSPS) is 10.6. The van der Waals surface area contributed by atoms with Gasteiger partial charge in [-0.25, -0.2) is 0 Å². The molecule has 20 heavy (non-hydrogen) atoms. The lowest BCUT2D eigenvalue weighted by Gasteiger charge is -2.14. The monoisotopic (exact) mass is 289 g/mol. The molecule has 0 amide bonds. The van der Waals surface area contributed by atoms with E-state index in [1.807, 2.05) is 30.3 Å². The summed E-state index contributed by atoms with van der Waals surface area (Å²) in [5.41, 5.74) is 3.48. The van der Waals surface area contributed by atoms with E-state index in [1.165, 1.54) is 5.56 Å². The Bertz CT molecular complexity index is 596. The molecular weight excluding hydrogens is 270 g/mol. The molecule has 2 nitrogen and oxygen atoms in total. The average Bonchev–Trinajstić information content (AvgIpc) is 2.43. The van der Waals surface area contributed by atoms with Crippen molar-refractivity contribution in [1.82, 2.24) is 5.32 Å². The van der Waals surface area contributed by atoms with Gasteiger partial charge in [0, 0.05) is 17.1 Å². The number of ether oxygens (including phenoxy) is 1. The van der Waals surface area contributed by atoms with Gasteiger partial charge in [0.05, 0.1) is 0 Å². The molecule has 0 aliphatic heterocycles. The summed E-state index contributed by atoms with van der Waals surface area (Å²) in [4.78, 5) is 0. The summed E-state index contributed by atoms with van der Waals surface area (Å²) in [7, 11) is 0. The summed E-state index contributed by atoms with van der Waals surface area (Å²) in [5.74, 6) is 1.69. The van der Waals surface area contributed by atoms with Crippen molar-refractivity contribution in [2.75, 3.05) is 6.54 Å². The van der Waals surface area contributed by atoms with E-state index in [1.54, 1.807) is 0 Å². The third-order valence-corrected chi connectivity index (χ3v) is 3.60. The number of aryl methyl sites for hydroxylation is 1. The standard InChI is InChI=1S/C17H20ClNO/c1-4-19-11-14-8-9-15(18)10-17(14)20-16-7-5-6-12(2)13(16)3/h5-10,19H,4,11H2,1-3H3. The van der Waals surface area contributed by atoms with Crippen LogP contribution in [0.15, 0.2) is 36.4 Å². The topological polar surface area (TPSA) is 21.3 Å². The highest BCUT2D eigenvalue weighted by atomic mass is 35.5. The number of hydrogen-bond donors (Lipinski definition) is 1. The van der Waals surface area contributed by atoms with Crippen molar-refractivity contribution < 1.29 is 4.74 Å². The predicted octanol–water partition coefficient (Wildman–Crippen LogP) is 4.86. The first-order chi connectivity index (χ1) is 9.61. The number of benzene rings is 2. The van der Waals surface area contributed by atoms with Gasteiger partial charge < -0.3 is 10.1 Å². The van der Waals surface area contributed by atoms with Gasteiger partial charge in [-0.2, -0.15) is 0 Å². The first-order valence-corrected chi connectivity index (χ1v) is 7.23. The van der Waals surface area contributed by atoms with Gasteiger partial charge in [0.25, 0.3) is 0 Å². The zero-order valence-electron chi connectivity index (χ0n) is 12.2. The molecular formula is C17H20ClNO. The van der Waals surface area contributed by atoms with Gasteiger partial charge in [-0.05, 0) is 49.7 Å². The van der Waals surface area contributed by atoms with Crippen molar-refractivity contribution >= 4 is 11.6 Å². The fraction of sp³-hybridized carbons (Fsp3) is 0.294. The van der Waals surface area contributed by atoms with Crippen LogP contribution < -0.4 is 10.1 Å². The molecule has 2 aromatic carbocycles. The minimum Gasteiger partial charge on any atom is -0.457 e. The Labute approximate surface area is 125 Å². The number of nitrogens with one attached hydrogen (secondary N) is 1. The molecule has 0 bridgehead atoms. The van der Waals surface area contributed by atoms with Crippen LogP contribution in [0.2, 0.25) is 5.02 Å². The van der Waals surface area contributed by atoms with Crippen LogP contribution in [0.4, 0.5) is 0 Å². The Kier molecular flexibility index (Phi) is 5.05. The highest BCUT2D eigenvalue weighted by Gasteiger charge is 2.08. The van der Waals surface area contributed by atoms with Crippen molar-refractivity contribution in [1.29, 1.82) is 0 Å². The van der Waals surface area contributed by atoms with E-state index in [2.05, 4.69) is 32.2 Å². The molecule has 0 atom stereocenters. The number of rotatable bonds is 5. The molecule has 0 saturated heterocycles. The molecule has 0 radical (unpaired) electrons. The molecule has 0 aromatic heterocycles. The minimum absolute atomic E-state index is 0.686. The van der Waals surface area contributed by atoms with Crippen LogP contribution in [0.3, 0.4) is 0 Å². The number of hydrogen-bond acceptors (Lipinski definition) is 2. The third-order valence-electron chi connectivity index (χ3n) is 3.37.